The molecule has 0 heterocycles. The van der Waals surface area contributed by atoms with Crippen LogP contribution in [0.25, 0.3) is 0 Å². The Morgan fingerprint density at radius 2 is 1.79 bits per heavy atom. The van der Waals surface area contributed by atoms with Gasteiger partial charge in [0.2, 0.25) is 11.8 Å². The second-order valence-electron chi connectivity index (χ2n) is 2.72. The lowest BCUT2D eigenvalue weighted by molar-refractivity contribution is -0.145. The van der Waals surface area contributed by atoms with Crippen molar-refractivity contribution in [2.24, 2.45) is 16.6 Å². The maximum atomic E-state index is 10.7. The first kappa shape index (κ1) is 12.2. The highest BCUT2D eigenvalue weighted by atomic mass is 16.3. The van der Waals surface area contributed by atoms with Crippen LogP contribution in [-0.2, 0) is 14.4 Å². The molecule has 0 aliphatic heterocycles. The third-order valence-corrected chi connectivity index (χ3v) is 1.49. The number of hydrogen-bond acceptors (Lipinski definition) is 5. The van der Waals surface area contributed by atoms with Crippen LogP contribution in [0.15, 0.2) is 5.11 Å². The lowest BCUT2D eigenvalue weighted by atomic mass is 9.94. The second-order valence-corrected chi connectivity index (χ2v) is 2.72. The maximum Gasteiger partial charge on any atom is 0.267 e. The van der Waals surface area contributed by atoms with Gasteiger partial charge >= 0.3 is 0 Å². The molecule has 0 bridgehead atoms. The van der Waals surface area contributed by atoms with Crippen molar-refractivity contribution in [2.75, 3.05) is 0 Å². The van der Waals surface area contributed by atoms with E-state index in [0.29, 0.717) is 0 Å². The van der Waals surface area contributed by atoms with Crippen LogP contribution in [-0.4, -0.2) is 28.4 Å². The Labute approximate surface area is 78.8 Å². The van der Waals surface area contributed by atoms with E-state index in [-0.39, 0.29) is 0 Å². The zero-order valence-electron chi connectivity index (χ0n) is 7.19. The molecule has 0 aromatic rings. The van der Waals surface area contributed by atoms with Crippen molar-refractivity contribution in [1.82, 2.24) is 0 Å². The minimum absolute atomic E-state index is 0.774. The summed E-state index contributed by atoms with van der Waals surface area (Å²) >= 11 is 0. The monoisotopic (exact) mass is 202 g/mol. The molecule has 8 nitrogen and oxygen atoms in total. The molecule has 8 heteroatoms. The normalized spacial score (nSPS) is 14.1. The molecule has 1 unspecified atom stereocenters. The van der Waals surface area contributed by atoms with E-state index in [0.717, 1.165) is 0 Å². The molecule has 6 N–H and O–H groups in total. The van der Waals surface area contributed by atoms with Crippen molar-refractivity contribution in [3.8, 4) is 0 Å². The van der Waals surface area contributed by atoms with Crippen LogP contribution in [0.4, 0.5) is 0 Å². The van der Waals surface area contributed by atoms with E-state index in [1.54, 1.807) is 0 Å². The van der Waals surface area contributed by atoms with Gasteiger partial charge in [-0.3, -0.25) is 14.4 Å². The number of nitrogens with one attached hydrogen (secondary N) is 1. The van der Waals surface area contributed by atoms with Crippen LogP contribution >= 0.6 is 0 Å². The van der Waals surface area contributed by atoms with Gasteiger partial charge in [0.05, 0.1) is 12.8 Å². The van der Waals surface area contributed by atoms with Crippen LogP contribution in [0.3, 0.4) is 0 Å². The number of amides is 3. The van der Waals surface area contributed by atoms with Crippen molar-refractivity contribution in [3.63, 3.8) is 0 Å². The zero-order chi connectivity index (χ0) is 11.4. The Hall–Kier alpha value is -1.83. The number of carbonyl (C=O) groups is 3. The summed E-state index contributed by atoms with van der Waals surface area (Å²) in [6.45, 7) is 0. The standard InChI is InChI=1S/C6H10N4O4/c7-3(11)1-6(14,5(8)13)2-4(12)10-9/h9,14H,1-2H2,(H2,7,11)(H2,8,13). The average molecular weight is 202 g/mol. The van der Waals surface area contributed by atoms with E-state index in [4.69, 9.17) is 17.0 Å². The van der Waals surface area contributed by atoms with E-state index in [1.165, 1.54) is 0 Å². The van der Waals surface area contributed by atoms with Gasteiger partial charge < -0.3 is 16.6 Å². The maximum absolute atomic E-state index is 10.7. The lowest BCUT2D eigenvalue weighted by Crippen LogP contribution is -2.48. The topological polar surface area (TPSA) is 160 Å². The molecule has 0 radical (unpaired) electrons. The predicted octanol–water partition coefficient (Wildman–Crippen LogP) is -1.97. The van der Waals surface area contributed by atoms with Gasteiger partial charge in [-0.25, -0.2) is 5.53 Å². The highest BCUT2D eigenvalue weighted by Crippen LogP contribution is 2.15. The van der Waals surface area contributed by atoms with Crippen molar-refractivity contribution in [2.45, 2.75) is 18.4 Å². The minimum atomic E-state index is -2.35. The molecule has 0 aromatic heterocycles. The lowest BCUT2D eigenvalue weighted by Gasteiger charge is -2.20. The third kappa shape index (κ3) is 3.27. The quantitative estimate of drug-likeness (QED) is 0.380. The van der Waals surface area contributed by atoms with E-state index in [2.05, 4.69) is 5.11 Å². The summed E-state index contributed by atoms with van der Waals surface area (Å²) in [6.07, 6.45) is -1.60. The van der Waals surface area contributed by atoms with Gasteiger partial charge in [-0.15, -0.1) is 5.11 Å². The smallest absolute Gasteiger partial charge is 0.267 e. The number of rotatable bonds is 5. The van der Waals surface area contributed by atoms with Gasteiger partial charge in [0.15, 0.2) is 5.60 Å². The largest absolute Gasteiger partial charge is 0.379 e. The Bertz CT molecular complexity index is 290. The molecule has 0 saturated carbocycles. The van der Waals surface area contributed by atoms with Gasteiger partial charge in [0, 0.05) is 0 Å². The fraction of sp³-hybridized carbons (Fsp3) is 0.500. The summed E-state index contributed by atoms with van der Waals surface area (Å²) in [4.78, 5) is 31.8. The minimum Gasteiger partial charge on any atom is -0.379 e. The molecular formula is C6H10N4O4. The first-order chi connectivity index (χ1) is 6.31. The number of primary amides is 2. The number of nitrogens with zero attached hydrogens (tertiary/aromatic N) is 1. The Morgan fingerprint density at radius 1 is 1.29 bits per heavy atom. The van der Waals surface area contributed by atoms with E-state index >= 15 is 0 Å². The molecule has 0 aliphatic rings. The highest BCUT2D eigenvalue weighted by Gasteiger charge is 2.38. The summed E-state index contributed by atoms with van der Waals surface area (Å²) in [5.41, 5.74) is 13.5. The van der Waals surface area contributed by atoms with Gasteiger partial charge in [0.1, 0.15) is 0 Å². The van der Waals surface area contributed by atoms with Crippen molar-refractivity contribution < 1.29 is 19.5 Å². The molecule has 0 aromatic carbocycles. The number of aliphatic hydroxyl groups is 1. The second kappa shape index (κ2) is 4.42. The SMILES string of the molecule is N=NC(=O)CC(O)(CC(N)=O)C(N)=O. The molecular weight excluding hydrogens is 192 g/mol. The van der Waals surface area contributed by atoms with Gasteiger partial charge in [-0.05, 0) is 0 Å². The number of carbonyl (C=O) groups excluding carboxylic acids is 3. The Kier molecular flexibility index (Phi) is 3.84. The van der Waals surface area contributed by atoms with Crippen LogP contribution in [0, 0.1) is 5.53 Å². The average Bonchev–Trinajstić information content (AvgIpc) is 2.02. The zero-order valence-corrected chi connectivity index (χ0v) is 7.19. The summed E-state index contributed by atoms with van der Waals surface area (Å²) in [6, 6.07) is 0. The van der Waals surface area contributed by atoms with Gasteiger partial charge in [0.25, 0.3) is 5.91 Å². The first-order valence-corrected chi connectivity index (χ1v) is 3.52. The van der Waals surface area contributed by atoms with E-state index in [9.17, 15) is 19.5 Å². The highest BCUT2D eigenvalue weighted by molar-refractivity contribution is 5.94. The molecule has 0 aliphatic carbocycles. The number of nitrogens with two attached hydrogens (primary N) is 2. The predicted molar refractivity (Wildman–Crippen MR) is 42.7 cm³/mol. The summed E-state index contributed by atoms with van der Waals surface area (Å²) in [5, 5.41) is 11.9. The molecule has 3 amide bonds. The summed E-state index contributed by atoms with van der Waals surface area (Å²) in [5.74, 6) is -3.30. The van der Waals surface area contributed by atoms with E-state index in [1.807, 2.05) is 0 Å². The molecule has 0 spiro atoms. The third-order valence-electron chi connectivity index (χ3n) is 1.49. The fourth-order valence-corrected chi connectivity index (χ4v) is 0.815. The molecule has 14 heavy (non-hydrogen) atoms. The molecule has 78 valence electrons. The van der Waals surface area contributed by atoms with Crippen LogP contribution in [0.1, 0.15) is 12.8 Å². The molecule has 0 rings (SSSR count). The number of hydrogen-bond donors (Lipinski definition) is 4. The first-order valence-electron chi connectivity index (χ1n) is 3.52. The Morgan fingerprint density at radius 3 is 2.07 bits per heavy atom. The van der Waals surface area contributed by atoms with Crippen molar-refractivity contribution >= 4 is 17.7 Å². The molecule has 0 saturated heterocycles. The van der Waals surface area contributed by atoms with Crippen LogP contribution < -0.4 is 11.5 Å². The fourth-order valence-electron chi connectivity index (χ4n) is 0.815. The molecule has 1 atom stereocenters. The Balaban J connectivity index is 4.71. The van der Waals surface area contributed by atoms with E-state index < -0.39 is 36.2 Å². The van der Waals surface area contributed by atoms with Crippen LogP contribution in [0.5, 0.6) is 0 Å². The molecule has 0 fully saturated rings. The van der Waals surface area contributed by atoms with Gasteiger partial charge in [-0.2, -0.15) is 0 Å². The summed E-state index contributed by atoms with van der Waals surface area (Å²) in [7, 11) is 0. The van der Waals surface area contributed by atoms with Gasteiger partial charge in [-0.1, -0.05) is 0 Å². The van der Waals surface area contributed by atoms with Crippen molar-refractivity contribution in [3.05, 3.63) is 0 Å². The van der Waals surface area contributed by atoms with Crippen molar-refractivity contribution in [1.29, 1.82) is 5.53 Å². The van der Waals surface area contributed by atoms with Crippen LogP contribution in [0.2, 0.25) is 0 Å². The summed E-state index contributed by atoms with van der Waals surface area (Å²) < 4.78 is 0.